The highest BCUT2D eigenvalue weighted by atomic mass is 16.6. The number of esters is 2. The number of hydrogen-bond acceptors (Lipinski definition) is 3. The fourth-order valence-corrected chi connectivity index (χ4v) is 3.12. The summed E-state index contributed by atoms with van der Waals surface area (Å²) in [6.45, 7) is 11.1. The summed E-state index contributed by atoms with van der Waals surface area (Å²) in [5, 5.41) is 0. The number of carbonyl (C=O) groups is 2. The van der Waals surface area contributed by atoms with Gasteiger partial charge in [-0.3, -0.25) is 9.59 Å². The number of cyclic esters (lactones) is 2. The van der Waals surface area contributed by atoms with Gasteiger partial charge < -0.3 is 4.74 Å². The van der Waals surface area contributed by atoms with Crippen LogP contribution in [0.4, 0.5) is 0 Å². The van der Waals surface area contributed by atoms with Crippen molar-refractivity contribution in [1.82, 2.24) is 0 Å². The van der Waals surface area contributed by atoms with E-state index in [1.807, 2.05) is 0 Å². The minimum Gasteiger partial charge on any atom is -0.393 e. The minimum atomic E-state index is -0.332. The topological polar surface area (TPSA) is 43.4 Å². The molecule has 0 radical (unpaired) electrons. The Hall–Kier alpha value is -1.38. The molecule has 1 fully saturated rings. The second-order valence-electron chi connectivity index (χ2n) is 7.79. The predicted octanol–water partition coefficient (Wildman–Crippen LogP) is 4.43. The third kappa shape index (κ3) is 3.68. The Labute approximate surface area is 133 Å². The third-order valence-corrected chi connectivity index (χ3v) is 5.25. The molecule has 0 amide bonds. The van der Waals surface area contributed by atoms with Gasteiger partial charge in [-0.1, -0.05) is 51.0 Å². The summed E-state index contributed by atoms with van der Waals surface area (Å²) in [6, 6.07) is 0. The molecule has 2 rings (SSSR count). The largest absolute Gasteiger partial charge is 0.393 e. The summed E-state index contributed by atoms with van der Waals surface area (Å²) in [4.78, 5) is 23.3. The molecular formula is C19H28O3. The van der Waals surface area contributed by atoms with E-state index < -0.39 is 0 Å². The fourth-order valence-electron chi connectivity index (χ4n) is 3.12. The van der Waals surface area contributed by atoms with Crippen LogP contribution < -0.4 is 0 Å². The van der Waals surface area contributed by atoms with Crippen LogP contribution in [0.5, 0.6) is 0 Å². The molecule has 0 bridgehead atoms. The zero-order valence-electron chi connectivity index (χ0n) is 14.4. The molecule has 0 aromatic rings. The summed E-state index contributed by atoms with van der Waals surface area (Å²) in [5.41, 5.74) is 2.96. The van der Waals surface area contributed by atoms with Crippen molar-refractivity contribution in [3.63, 3.8) is 0 Å². The van der Waals surface area contributed by atoms with Crippen LogP contribution in [0.2, 0.25) is 0 Å². The first kappa shape index (κ1) is 17.0. The van der Waals surface area contributed by atoms with Crippen molar-refractivity contribution in [2.24, 2.45) is 23.2 Å². The normalized spacial score (nSPS) is 27.3. The molecule has 2 aliphatic rings. The van der Waals surface area contributed by atoms with Gasteiger partial charge in [0.05, 0.1) is 11.8 Å². The van der Waals surface area contributed by atoms with Crippen molar-refractivity contribution in [1.29, 1.82) is 0 Å². The smallest absolute Gasteiger partial charge is 0.317 e. The first-order valence-electron chi connectivity index (χ1n) is 8.32. The van der Waals surface area contributed by atoms with Gasteiger partial charge in [-0.2, -0.15) is 0 Å². The van der Waals surface area contributed by atoms with Gasteiger partial charge in [0.1, 0.15) is 0 Å². The Balaban J connectivity index is 1.92. The molecule has 1 aliphatic heterocycles. The van der Waals surface area contributed by atoms with Crippen LogP contribution in [0, 0.1) is 23.2 Å². The molecule has 0 saturated carbocycles. The van der Waals surface area contributed by atoms with E-state index >= 15 is 0 Å². The first-order valence-corrected chi connectivity index (χ1v) is 8.32. The lowest BCUT2D eigenvalue weighted by Gasteiger charge is -2.25. The van der Waals surface area contributed by atoms with Crippen LogP contribution in [-0.2, 0) is 14.3 Å². The maximum atomic E-state index is 11.7. The van der Waals surface area contributed by atoms with E-state index in [0.717, 1.165) is 12.8 Å². The minimum absolute atomic E-state index is 0.230. The molecule has 3 atom stereocenters. The van der Waals surface area contributed by atoms with Crippen molar-refractivity contribution in [3.05, 3.63) is 23.3 Å². The van der Waals surface area contributed by atoms with E-state index in [1.54, 1.807) is 0 Å². The van der Waals surface area contributed by atoms with Gasteiger partial charge in [0.15, 0.2) is 0 Å². The quantitative estimate of drug-likeness (QED) is 0.438. The maximum Gasteiger partial charge on any atom is 0.317 e. The summed E-state index contributed by atoms with van der Waals surface area (Å²) < 4.78 is 4.77. The first-order chi connectivity index (χ1) is 10.2. The molecule has 1 heterocycles. The second kappa shape index (κ2) is 6.39. The van der Waals surface area contributed by atoms with Crippen LogP contribution in [0.1, 0.15) is 60.3 Å². The van der Waals surface area contributed by atoms with Gasteiger partial charge in [0, 0.05) is 0 Å². The van der Waals surface area contributed by atoms with E-state index in [9.17, 15) is 9.59 Å². The van der Waals surface area contributed by atoms with E-state index in [0.29, 0.717) is 18.8 Å². The lowest BCUT2D eigenvalue weighted by molar-refractivity contribution is -0.153. The van der Waals surface area contributed by atoms with Gasteiger partial charge in [-0.15, -0.1) is 0 Å². The van der Waals surface area contributed by atoms with Crippen LogP contribution in [-0.4, -0.2) is 11.9 Å². The van der Waals surface area contributed by atoms with Crippen LogP contribution >= 0.6 is 0 Å². The standard InChI is InChI=1S/C19H28O3/c1-12(7-6-8-13(2)19(3,4)5)14-9-10-15-16(11-14)18(21)22-17(15)20/h8-9,12,15-16H,6-7,10-11H2,1-5H3. The van der Waals surface area contributed by atoms with Gasteiger partial charge in [-0.05, 0) is 43.9 Å². The Bertz CT molecular complexity index is 519. The van der Waals surface area contributed by atoms with Crippen LogP contribution in [0.15, 0.2) is 23.3 Å². The average Bonchev–Trinajstić information content (AvgIpc) is 2.72. The number of hydrogen-bond donors (Lipinski definition) is 0. The number of rotatable bonds is 4. The van der Waals surface area contributed by atoms with Gasteiger partial charge in [0.2, 0.25) is 0 Å². The zero-order chi connectivity index (χ0) is 16.5. The molecule has 0 N–H and O–H groups in total. The average molecular weight is 304 g/mol. The lowest BCUT2D eigenvalue weighted by Crippen LogP contribution is -2.23. The maximum absolute atomic E-state index is 11.7. The SMILES string of the molecule is CC(=CCCC(C)C1=CCC2C(=O)OC(=O)C2C1)C(C)(C)C. The molecule has 22 heavy (non-hydrogen) atoms. The van der Waals surface area contributed by atoms with Crippen molar-refractivity contribution >= 4 is 11.9 Å². The van der Waals surface area contributed by atoms with Crippen molar-refractivity contribution in [3.8, 4) is 0 Å². The van der Waals surface area contributed by atoms with Gasteiger partial charge >= 0.3 is 11.9 Å². The van der Waals surface area contributed by atoms with Crippen molar-refractivity contribution < 1.29 is 14.3 Å². The third-order valence-electron chi connectivity index (χ3n) is 5.25. The van der Waals surface area contributed by atoms with Crippen molar-refractivity contribution in [2.45, 2.75) is 60.3 Å². The Kier molecular flexibility index (Phi) is 4.93. The summed E-state index contributed by atoms with van der Waals surface area (Å²) in [5.74, 6) is -0.667. The molecule has 3 unspecified atom stereocenters. The molecule has 0 aromatic carbocycles. The summed E-state index contributed by atoms with van der Waals surface area (Å²) in [6.07, 6.45) is 7.98. The highest BCUT2D eigenvalue weighted by Crippen LogP contribution is 2.39. The van der Waals surface area contributed by atoms with Gasteiger partial charge in [-0.25, -0.2) is 0 Å². The Morgan fingerprint density at radius 2 is 1.95 bits per heavy atom. The van der Waals surface area contributed by atoms with E-state index in [-0.39, 0.29) is 29.2 Å². The molecular weight excluding hydrogens is 276 g/mol. The summed E-state index contributed by atoms with van der Waals surface area (Å²) in [7, 11) is 0. The highest BCUT2D eigenvalue weighted by Gasteiger charge is 2.45. The molecule has 3 nitrogen and oxygen atoms in total. The van der Waals surface area contributed by atoms with E-state index in [1.165, 1.54) is 11.1 Å². The molecule has 3 heteroatoms. The highest BCUT2D eigenvalue weighted by molar-refractivity contribution is 5.96. The second-order valence-corrected chi connectivity index (χ2v) is 7.79. The molecule has 1 aliphatic carbocycles. The summed E-state index contributed by atoms with van der Waals surface area (Å²) >= 11 is 0. The van der Waals surface area contributed by atoms with Gasteiger partial charge in [0.25, 0.3) is 0 Å². The number of carbonyl (C=O) groups excluding carboxylic acids is 2. The molecule has 0 aromatic heterocycles. The Morgan fingerprint density at radius 1 is 1.32 bits per heavy atom. The number of fused-ring (bicyclic) bond motifs is 1. The molecule has 1 saturated heterocycles. The van der Waals surface area contributed by atoms with Crippen LogP contribution in [0.3, 0.4) is 0 Å². The zero-order valence-corrected chi connectivity index (χ0v) is 14.4. The fraction of sp³-hybridized carbons (Fsp3) is 0.684. The molecule has 0 spiro atoms. The Morgan fingerprint density at radius 3 is 2.59 bits per heavy atom. The monoisotopic (exact) mass is 304 g/mol. The van der Waals surface area contributed by atoms with Crippen molar-refractivity contribution in [2.75, 3.05) is 0 Å². The number of allylic oxidation sites excluding steroid dienone is 4. The van der Waals surface area contributed by atoms with Crippen LogP contribution in [0.25, 0.3) is 0 Å². The molecule has 122 valence electrons. The lowest BCUT2D eigenvalue weighted by atomic mass is 9.77. The van der Waals surface area contributed by atoms with E-state index in [2.05, 4.69) is 46.8 Å². The predicted molar refractivity (Wildman–Crippen MR) is 87.0 cm³/mol. The number of ether oxygens (including phenoxy) is 1. The van der Waals surface area contributed by atoms with E-state index in [4.69, 9.17) is 4.74 Å².